The summed E-state index contributed by atoms with van der Waals surface area (Å²) in [7, 11) is 0. The Kier molecular flexibility index (Phi) is 4.90. The quantitative estimate of drug-likeness (QED) is 0.516. The highest BCUT2D eigenvalue weighted by Crippen LogP contribution is 2.61. The summed E-state index contributed by atoms with van der Waals surface area (Å²) >= 11 is 0. The largest absolute Gasteiger partial charge is 0.444 e. The number of nitrogens with zero attached hydrogens (tertiary/aromatic N) is 1. The third-order valence-corrected chi connectivity index (χ3v) is 5.72. The van der Waals surface area contributed by atoms with Gasteiger partial charge in [0.15, 0.2) is 0 Å². The van der Waals surface area contributed by atoms with Crippen LogP contribution in [-0.4, -0.2) is 51.5 Å². The first-order valence-electron chi connectivity index (χ1n) is 10.4. The number of pyridine rings is 1. The molecule has 4 N–H and O–H groups in total. The topological polar surface area (TPSA) is 139 Å². The fraction of sp³-hybridized carbons (Fsp3) is 0.571. The average molecular weight is 429 g/mol. The molecule has 0 spiro atoms. The molecule has 3 saturated carbocycles. The van der Waals surface area contributed by atoms with Gasteiger partial charge in [0.05, 0.1) is 5.54 Å². The molecule has 31 heavy (non-hydrogen) atoms. The fourth-order valence-corrected chi connectivity index (χ4v) is 4.54. The zero-order valence-electron chi connectivity index (χ0n) is 17.8. The molecule has 2 heterocycles. The van der Waals surface area contributed by atoms with Crippen LogP contribution in [0.15, 0.2) is 18.2 Å². The van der Waals surface area contributed by atoms with Crippen LogP contribution in [0, 0.1) is 0 Å². The Morgan fingerprint density at radius 2 is 1.87 bits per heavy atom. The molecule has 1 aliphatic heterocycles. The molecule has 10 heteroatoms. The summed E-state index contributed by atoms with van der Waals surface area (Å²) in [6, 6.07) is 4.31. The molecule has 4 amide bonds. The standard InChI is InChI=1S/C21H27N5O5/c1-19(2,3)31-18(30)26-21-9-20(10-21,11-21)25-14-6-4-5-12(22-14)16(28)23-13-7-8-15(27)24-17(13)29/h4-6,13H,7-11H2,1-3H3,(H,22,25)(H,23,28)(H,26,30)(H,24,27,29). The summed E-state index contributed by atoms with van der Waals surface area (Å²) in [4.78, 5) is 52.0. The number of nitrogens with one attached hydrogen (secondary N) is 4. The second kappa shape index (κ2) is 7.21. The molecule has 5 rings (SSSR count). The number of aromatic nitrogens is 1. The maximum absolute atomic E-state index is 12.5. The number of alkyl carbamates (subject to hydrolysis) is 1. The van der Waals surface area contributed by atoms with E-state index in [9.17, 15) is 19.2 Å². The van der Waals surface area contributed by atoms with Crippen LogP contribution in [0.5, 0.6) is 0 Å². The molecule has 4 aliphatic rings. The summed E-state index contributed by atoms with van der Waals surface area (Å²) in [5, 5.41) is 11.2. The molecule has 0 radical (unpaired) electrons. The van der Waals surface area contributed by atoms with Gasteiger partial charge in [0.2, 0.25) is 11.8 Å². The van der Waals surface area contributed by atoms with E-state index in [0.717, 1.165) is 19.3 Å². The van der Waals surface area contributed by atoms with Crippen LogP contribution in [0.3, 0.4) is 0 Å². The highest BCUT2D eigenvalue weighted by atomic mass is 16.6. The molecule has 166 valence electrons. The number of rotatable bonds is 5. The minimum Gasteiger partial charge on any atom is -0.444 e. The number of carbonyl (C=O) groups is 4. The molecule has 2 bridgehead atoms. The molecule has 1 unspecified atom stereocenters. The highest BCUT2D eigenvalue weighted by Gasteiger charge is 2.69. The fourth-order valence-electron chi connectivity index (χ4n) is 4.54. The third-order valence-electron chi connectivity index (χ3n) is 5.72. The van der Waals surface area contributed by atoms with Crippen molar-refractivity contribution in [1.82, 2.24) is 20.9 Å². The van der Waals surface area contributed by atoms with Gasteiger partial charge in [-0.25, -0.2) is 9.78 Å². The Labute approximate surface area is 179 Å². The Hall–Kier alpha value is -3.17. The van der Waals surface area contributed by atoms with E-state index >= 15 is 0 Å². The van der Waals surface area contributed by atoms with Gasteiger partial charge >= 0.3 is 6.09 Å². The SMILES string of the molecule is CC(C)(C)OC(=O)NC12CC(Nc3cccc(C(=O)NC4CCC(=O)NC4=O)n3)(C1)C2. The van der Waals surface area contributed by atoms with Crippen molar-refractivity contribution in [3.8, 4) is 0 Å². The van der Waals surface area contributed by atoms with Crippen molar-refractivity contribution in [2.75, 3.05) is 5.32 Å². The molecule has 10 nitrogen and oxygen atoms in total. The summed E-state index contributed by atoms with van der Waals surface area (Å²) in [5.41, 5.74) is -0.748. The van der Waals surface area contributed by atoms with Gasteiger partial charge in [-0.3, -0.25) is 19.7 Å². The maximum Gasteiger partial charge on any atom is 0.408 e. The second-order valence-corrected chi connectivity index (χ2v) is 9.73. The number of piperidine rings is 1. The van der Waals surface area contributed by atoms with E-state index in [4.69, 9.17) is 4.74 Å². The predicted molar refractivity (Wildman–Crippen MR) is 110 cm³/mol. The summed E-state index contributed by atoms with van der Waals surface area (Å²) in [5.74, 6) is -0.756. The van der Waals surface area contributed by atoms with Crippen LogP contribution in [0.4, 0.5) is 10.6 Å². The van der Waals surface area contributed by atoms with E-state index in [1.165, 1.54) is 0 Å². The van der Waals surface area contributed by atoms with Crippen LogP contribution >= 0.6 is 0 Å². The minimum atomic E-state index is -0.750. The van der Waals surface area contributed by atoms with Gasteiger partial charge in [-0.05, 0) is 58.6 Å². The van der Waals surface area contributed by atoms with Crippen molar-refractivity contribution in [3.05, 3.63) is 23.9 Å². The van der Waals surface area contributed by atoms with Crippen molar-refractivity contribution < 1.29 is 23.9 Å². The molecule has 1 atom stereocenters. The lowest BCUT2D eigenvalue weighted by Gasteiger charge is -2.70. The lowest BCUT2D eigenvalue weighted by molar-refractivity contribution is -0.134. The zero-order valence-corrected chi connectivity index (χ0v) is 17.8. The van der Waals surface area contributed by atoms with E-state index < -0.39 is 29.6 Å². The van der Waals surface area contributed by atoms with Crippen LogP contribution in [0.25, 0.3) is 0 Å². The molecular weight excluding hydrogens is 402 g/mol. The minimum absolute atomic E-state index is 0.152. The van der Waals surface area contributed by atoms with Gasteiger partial charge in [-0.1, -0.05) is 6.07 Å². The van der Waals surface area contributed by atoms with Crippen molar-refractivity contribution in [3.63, 3.8) is 0 Å². The molecule has 3 aliphatic carbocycles. The lowest BCUT2D eigenvalue weighted by atomic mass is 9.44. The van der Waals surface area contributed by atoms with E-state index in [1.807, 2.05) is 20.8 Å². The van der Waals surface area contributed by atoms with Crippen molar-refractivity contribution in [2.24, 2.45) is 0 Å². The molecule has 1 aromatic rings. The number of amides is 4. The normalized spacial score (nSPS) is 29.1. The van der Waals surface area contributed by atoms with Crippen LogP contribution in [0.1, 0.15) is 63.4 Å². The zero-order chi connectivity index (χ0) is 22.4. The summed E-state index contributed by atoms with van der Waals surface area (Å²) < 4.78 is 5.33. The number of anilines is 1. The van der Waals surface area contributed by atoms with Crippen LogP contribution < -0.4 is 21.3 Å². The lowest BCUT2D eigenvalue weighted by Crippen LogP contribution is -2.81. The average Bonchev–Trinajstić information content (AvgIpc) is 2.60. The number of ether oxygens (including phenoxy) is 1. The van der Waals surface area contributed by atoms with E-state index in [2.05, 4.69) is 26.3 Å². The Morgan fingerprint density at radius 3 is 2.52 bits per heavy atom. The summed E-state index contributed by atoms with van der Waals surface area (Å²) in [6.45, 7) is 5.48. The monoisotopic (exact) mass is 429 g/mol. The van der Waals surface area contributed by atoms with Crippen molar-refractivity contribution in [1.29, 1.82) is 0 Å². The smallest absolute Gasteiger partial charge is 0.408 e. The second-order valence-electron chi connectivity index (χ2n) is 9.73. The molecule has 4 fully saturated rings. The first-order chi connectivity index (χ1) is 14.5. The van der Waals surface area contributed by atoms with E-state index in [1.54, 1.807) is 18.2 Å². The summed E-state index contributed by atoms with van der Waals surface area (Å²) in [6.07, 6.45) is 2.32. The Balaban J connectivity index is 1.30. The van der Waals surface area contributed by atoms with E-state index in [-0.39, 0.29) is 35.5 Å². The predicted octanol–water partition coefficient (Wildman–Crippen LogP) is 1.23. The first-order valence-corrected chi connectivity index (χ1v) is 10.4. The Bertz CT molecular complexity index is 934. The first kappa shape index (κ1) is 21.1. The molecular formula is C21H27N5O5. The molecule has 1 aromatic heterocycles. The van der Waals surface area contributed by atoms with Crippen molar-refractivity contribution in [2.45, 2.75) is 75.6 Å². The van der Waals surface area contributed by atoms with Crippen molar-refractivity contribution >= 4 is 29.6 Å². The van der Waals surface area contributed by atoms with E-state index in [0.29, 0.717) is 5.82 Å². The van der Waals surface area contributed by atoms with Gasteiger partial charge in [0, 0.05) is 12.0 Å². The number of hydrogen-bond donors (Lipinski definition) is 4. The highest BCUT2D eigenvalue weighted by molar-refractivity contribution is 6.03. The third kappa shape index (κ3) is 4.47. The maximum atomic E-state index is 12.5. The van der Waals surface area contributed by atoms with Crippen LogP contribution in [0.2, 0.25) is 0 Å². The molecule has 1 saturated heterocycles. The van der Waals surface area contributed by atoms with Gasteiger partial charge < -0.3 is 20.7 Å². The van der Waals surface area contributed by atoms with Gasteiger partial charge in [-0.2, -0.15) is 0 Å². The number of hydrogen-bond acceptors (Lipinski definition) is 7. The molecule has 0 aromatic carbocycles. The Morgan fingerprint density at radius 1 is 1.16 bits per heavy atom. The number of carbonyl (C=O) groups excluding carboxylic acids is 4. The van der Waals surface area contributed by atoms with Crippen LogP contribution in [-0.2, 0) is 14.3 Å². The number of imide groups is 1. The van der Waals surface area contributed by atoms with Gasteiger partial charge in [-0.15, -0.1) is 0 Å². The van der Waals surface area contributed by atoms with Gasteiger partial charge in [0.25, 0.3) is 5.91 Å². The van der Waals surface area contributed by atoms with Gasteiger partial charge in [0.1, 0.15) is 23.2 Å².